The van der Waals surface area contributed by atoms with Crippen molar-refractivity contribution in [2.45, 2.75) is 13.5 Å². The first-order valence-corrected chi connectivity index (χ1v) is 9.57. The molecular formula is C23H18ClNO5. The van der Waals surface area contributed by atoms with Gasteiger partial charge in [-0.25, -0.2) is 0 Å². The molecule has 0 aliphatic rings. The van der Waals surface area contributed by atoms with Gasteiger partial charge >= 0.3 is 5.97 Å². The van der Waals surface area contributed by atoms with E-state index in [0.717, 1.165) is 10.8 Å². The average Bonchev–Trinajstić information content (AvgIpc) is 3.12. The lowest BCUT2D eigenvalue weighted by Gasteiger charge is -2.09. The van der Waals surface area contributed by atoms with Gasteiger partial charge in [-0.05, 0) is 41.1 Å². The van der Waals surface area contributed by atoms with Crippen molar-refractivity contribution in [2.75, 3.05) is 12.4 Å². The summed E-state index contributed by atoms with van der Waals surface area (Å²) in [6.07, 6.45) is 0. The fourth-order valence-electron chi connectivity index (χ4n) is 3.33. The fraction of sp³-hybridized carbons (Fsp3) is 0.130. The molecule has 0 spiro atoms. The Morgan fingerprint density at radius 1 is 1.10 bits per heavy atom. The van der Waals surface area contributed by atoms with Crippen LogP contribution >= 0.6 is 11.6 Å². The molecule has 1 amide bonds. The average molecular weight is 424 g/mol. The topological polar surface area (TPSA) is 77.8 Å². The van der Waals surface area contributed by atoms with E-state index in [0.29, 0.717) is 27.4 Å². The van der Waals surface area contributed by atoms with E-state index in [2.05, 4.69) is 5.32 Å². The number of amides is 1. The molecule has 1 heterocycles. The summed E-state index contributed by atoms with van der Waals surface area (Å²) in [5.74, 6) is 0.00837. The zero-order valence-corrected chi connectivity index (χ0v) is 17.1. The van der Waals surface area contributed by atoms with E-state index in [1.54, 1.807) is 37.4 Å². The Morgan fingerprint density at radius 2 is 1.87 bits per heavy atom. The van der Waals surface area contributed by atoms with Crippen LogP contribution in [0.3, 0.4) is 0 Å². The molecule has 0 fully saturated rings. The lowest BCUT2D eigenvalue weighted by atomic mass is 10.0. The summed E-state index contributed by atoms with van der Waals surface area (Å²) in [4.78, 5) is 24.7. The molecule has 4 rings (SSSR count). The van der Waals surface area contributed by atoms with Crippen molar-refractivity contribution in [1.82, 2.24) is 0 Å². The minimum absolute atomic E-state index is 0.166. The Kier molecular flexibility index (Phi) is 5.33. The molecule has 152 valence electrons. The number of methoxy groups -OCH3 is 1. The summed E-state index contributed by atoms with van der Waals surface area (Å²) in [6, 6.07) is 16.2. The van der Waals surface area contributed by atoms with Crippen LogP contribution in [-0.4, -0.2) is 19.0 Å². The van der Waals surface area contributed by atoms with Crippen molar-refractivity contribution < 1.29 is 23.5 Å². The molecule has 0 saturated carbocycles. The minimum atomic E-state index is -0.473. The number of carbonyl (C=O) groups is 2. The second kappa shape index (κ2) is 8.08. The summed E-state index contributed by atoms with van der Waals surface area (Å²) in [5.41, 5.74) is 1.25. The number of hydrogen-bond acceptors (Lipinski definition) is 5. The van der Waals surface area contributed by atoms with E-state index < -0.39 is 11.9 Å². The normalized spacial score (nSPS) is 10.9. The number of fused-ring (bicyclic) bond motifs is 3. The van der Waals surface area contributed by atoms with Gasteiger partial charge in [0, 0.05) is 12.3 Å². The Bertz CT molecular complexity index is 1280. The summed E-state index contributed by atoms with van der Waals surface area (Å²) in [7, 11) is 1.58. The van der Waals surface area contributed by atoms with Crippen molar-refractivity contribution >= 4 is 50.9 Å². The number of carbonyl (C=O) groups excluding carboxylic acids is 2. The molecule has 1 N–H and O–H groups in total. The van der Waals surface area contributed by atoms with Crippen LogP contribution in [0.2, 0.25) is 5.02 Å². The molecule has 4 aromatic rings. The lowest BCUT2D eigenvalue weighted by Crippen LogP contribution is -2.14. The molecule has 1 aromatic heterocycles. The third kappa shape index (κ3) is 3.69. The lowest BCUT2D eigenvalue weighted by molar-refractivity contribution is -0.142. The van der Waals surface area contributed by atoms with Crippen molar-refractivity contribution in [3.8, 4) is 5.75 Å². The van der Waals surface area contributed by atoms with Crippen molar-refractivity contribution in [2.24, 2.45) is 0 Å². The molecule has 30 heavy (non-hydrogen) atoms. The number of rotatable bonds is 5. The molecule has 6 nitrogen and oxygen atoms in total. The first kappa shape index (κ1) is 19.8. The standard InChI is InChI=1S/C23H18ClNO5/c1-13(26)29-12-20-22(23(27)25-18-6-4-3-5-17(18)24)21-16-11-15(28-2)9-7-14(16)8-10-19(21)30-20/h3-11H,12H2,1-2H3,(H,25,27). The van der Waals surface area contributed by atoms with Crippen LogP contribution < -0.4 is 10.1 Å². The van der Waals surface area contributed by atoms with E-state index in [1.165, 1.54) is 6.92 Å². The van der Waals surface area contributed by atoms with Gasteiger partial charge in [0.1, 0.15) is 17.9 Å². The number of hydrogen-bond donors (Lipinski definition) is 1. The fourth-order valence-corrected chi connectivity index (χ4v) is 3.51. The van der Waals surface area contributed by atoms with Gasteiger partial charge in [0.05, 0.1) is 23.4 Å². The Labute approximate surface area is 177 Å². The first-order valence-electron chi connectivity index (χ1n) is 9.19. The molecule has 0 bridgehead atoms. The minimum Gasteiger partial charge on any atom is -0.497 e. The van der Waals surface area contributed by atoms with Gasteiger partial charge in [-0.2, -0.15) is 0 Å². The summed E-state index contributed by atoms with van der Waals surface area (Å²) >= 11 is 6.20. The number of benzene rings is 3. The number of para-hydroxylation sites is 1. The van der Waals surface area contributed by atoms with E-state index in [4.69, 9.17) is 25.5 Å². The number of halogens is 1. The first-order chi connectivity index (χ1) is 14.5. The van der Waals surface area contributed by atoms with Crippen LogP contribution in [0.1, 0.15) is 23.0 Å². The van der Waals surface area contributed by atoms with Gasteiger partial charge in [-0.3, -0.25) is 9.59 Å². The van der Waals surface area contributed by atoms with E-state index >= 15 is 0 Å². The van der Waals surface area contributed by atoms with Crippen molar-refractivity contribution in [3.05, 3.63) is 70.9 Å². The van der Waals surface area contributed by atoms with Gasteiger partial charge in [-0.15, -0.1) is 0 Å². The molecular weight excluding hydrogens is 406 g/mol. The third-order valence-electron chi connectivity index (χ3n) is 4.71. The highest BCUT2D eigenvalue weighted by Crippen LogP contribution is 2.36. The van der Waals surface area contributed by atoms with E-state index in [1.807, 2.05) is 24.3 Å². The molecule has 3 aromatic carbocycles. The van der Waals surface area contributed by atoms with Crippen LogP contribution in [-0.2, 0) is 16.1 Å². The van der Waals surface area contributed by atoms with Gasteiger partial charge in [0.25, 0.3) is 5.91 Å². The molecule has 0 aliphatic heterocycles. The second-order valence-corrected chi connectivity index (χ2v) is 7.05. The number of anilines is 1. The summed E-state index contributed by atoms with van der Waals surface area (Å²) in [6.45, 7) is 1.13. The van der Waals surface area contributed by atoms with E-state index in [9.17, 15) is 9.59 Å². The Morgan fingerprint density at radius 3 is 2.60 bits per heavy atom. The zero-order chi connectivity index (χ0) is 21.3. The molecule has 0 radical (unpaired) electrons. The van der Waals surface area contributed by atoms with Crippen LogP contribution in [0.5, 0.6) is 5.75 Å². The number of nitrogens with one attached hydrogen (secondary N) is 1. The van der Waals surface area contributed by atoms with Gasteiger partial charge in [0.2, 0.25) is 0 Å². The molecule has 0 unspecified atom stereocenters. The Balaban J connectivity index is 1.92. The number of furan rings is 1. The van der Waals surface area contributed by atoms with Gasteiger partial charge in [-0.1, -0.05) is 35.9 Å². The van der Waals surface area contributed by atoms with Gasteiger partial charge in [0.15, 0.2) is 5.76 Å². The smallest absolute Gasteiger partial charge is 0.303 e. The maximum Gasteiger partial charge on any atom is 0.303 e. The Hall–Kier alpha value is -3.51. The highest BCUT2D eigenvalue weighted by Gasteiger charge is 2.24. The van der Waals surface area contributed by atoms with Crippen molar-refractivity contribution in [3.63, 3.8) is 0 Å². The van der Waals surface area contributed by atoms with Crippen LogP contribution in [0.4, 0.5) is 5.69 Å². The van der Waals surface area contributed by atoms with Crippen molar-refractivity contribution in [1.29, 1.82) is 0 Å². The SMILES string of the molecule is COc1ccc2ccc3oc(COC(C)=O)c(C(=O)Nc4ccccc4Cl)c3c2c1. The maximum atomic E-state index is 13.3. The predicted octanol–water partition coefficient (Wildman–Crippen LogP) is 5.56. The third-order valence-corrected chi connectivity index (χ3v) is 5.04. The van der Waals surface area contributed by atoms with Crippen LogP contribution in [0, 0.1) is 0 Å². The van der Waals surface area contributed by atoms with Gasteiger partial charge < -0.3 is 19.2 Å². The zero-order valence-electron chi connectivity index (χ0n) is 16.3. The quantitative estimate of drug-likeness (QED) is 0.425. The number of esters is 1. The second-order valence-electron chi connectivity index (χ2n) is 6.64. The van der Waals surface area contributed by atoms with Crippen LogP contribution in [0.15, 0.2) is 59.0 Å². The molecule has 0 saturated heterocycles. The monoisotopic (exact) mass is 423 g/mol. The summed E-state index contributed by atoms with van der Waals surface area (Å²) < 4.78 is 16.4. The largest absolute Gasteiger partial charge is 0.497 e. The predicted molar refractivity (Wildman–Crippen MR) is 115 cm³/mol. The molecule has 7 heteroatoms. The maximum absolute atomic E-state index is 13.3. The highest BCUT2D eigenvalue weighted by atomic mass is 35.5. The number of ether oxygens (including phenoxy) is 2. The molecule has 0 aliphatic carbocycles. The van der Waals surface area contributed by atoms with Crippen LogP contribution in [0.25, 0.3) is 21.7 Å². The highest BCUT2D eigenvalue weighted by molar-refractivity contribution is 6.34. The summed E-state index contributed by atoms with van der Waals surface area (Å²) in [5, 5.41) is 5.54. The molecule has 0 atom stereocenters. The van der Waals surface area contributed by atoms with E-state index in [-0.39, 0.29) is 17.9 Å².